The summed E-state index contributed by atoms with van der Waals surface area (Å²) in [4.78, 5) is 24.8. The lowest BCUT2D eigenvalue weighted by molar-refractivity contribution is 0.0967. The van der Waals surface area contributed by atoms with Crippen molar-refractivity contribution < 1.29 is 14.7 Å². The van der Waals surface area contributed by atoms with E-state index in [0.717, 1.165) is 0 Å². The number of fused-ring (bicyclic) bond motifs is 1. The molecular weight excluding hydrogens is 244 g/mol. The number of hydrogen-bond donors (Lipinski definition) is 3. The van der Waals surface area contributed by atoms with Crippen molar-refractivity contribution in [3.05, 3.63) is 40.5 Å². The van der Waals surface area contributed by atoms with Crippen LogP contribution in [0, 0.1) is 0 Å². The van der Waals surface area contributed by atoms with Gasteiger partial charge in [-0.15, -0.1) is 0 Å². The van der Waals surface area contributed by atoms with Crippen molar-refractivity contribution in [3.8, 4) is 5.75 Å². The molecule has 0 aliphatic heterocycles. The maximum Gasteiger partial charge on any atom is 0.193 e. The van der Waals surface area contributed by atoms with Crippen molar-refractivity contribution in [2.24, 2.45) is 11.5 Å². The smallest absolute Gasteiger partial charge is 0.193 e. The second kappa shape index (κ2) is 5.34. The highest BCUT2D eigenvalue weighted by Gasteiger charge is 2.32. The van der Waals surface area contributed by atoms with E-state index in [4.69, 9.17) is 11.5 Å². The average Bonchev–Trinajstić information content (AvgIpc) is 2.39. The first kappa shape index (κ1) is 13.5. The Balaban J connectivity index is 2.62. The molecule has 0 saturated heterocycles. The number of phenols is 1. The van der Waals surface area contributed by atoms with E-state index in [1.807, 2.05) is 0 Å². The highest BCUT2D eigenvalue weighted by atomic mass is 16.3. The molecule has 5 nitrogen and oxygen atoms in total. The van der Waals surface area contributed by atoms with Crippen LogP contribution in [0.1, 0.15) is 33.6 Å². The molecule has 0 heterocycles. The van der Waals surface area contributed by atoms with E-state index in [9.17, 15) is 14.7 Å². The van der Waals surface area contributed by atoms with Crippen LogP contribution in [-0.2, 0) is 0 Å². The normalized spacial score (nSPS) is 14.8. The molecule has 0 atom stereocenters. The van der Waals surface area contributed by atoms with Gasteiger partial charge in [0, 0.05) is 16.7 Å². The summed E-state index contributed by atoms with van der Waals surface area (Å²) in [5.41, 5.74) is 12.1. The lowest BCUT2D eigenvalue weighted by Crippen LogP contribution is -2.25. The summed E-state index contributed by atoms with van der Waals surface area (Å²) in [6.07, 6.45) is 0.655. The Labute approximate surface area is 110 Å². The third kappa shape index (κ3) is 2.18. The first-order valence-corrected chi connectivity index (χ1v) is 6.15. The quantitative estimate of drug-likeness (QED) is 0.741. The number of nitrogens with two attached hydrogens (primary N) is 2. The van der Waals surface area contributed by atoms with E-state index in [2.05, 4.69) is 0 Å². The van der Waals surface area contributed by atoms with Gasteiger partial charge in [-0.3, -0.25) is 9.59 Å². The summed E-state index contributed by atoms with van der Waals surface area (Å²) >= 11 is 0. The zero-order chi connectivity index (χ0) is 14.0. The molecule has 0 saturated carbocycles. The minimum atomic E-state index is -0.318. The molecule has 2 rings (SSSR count). The molecule has 0 fully saturated rings. The summed E-state index contributed by atoms with van der Waals surface area (Å²) in [5.74, 6) is -0.724. The van der Waals surface area contributed by atoms with Gasteiger partial charge in [-0.05, 0) is 32.0 Å². The van der Waals surface area contributed by atoms with Crippen LogP contribution < -0.4 is 11.5 Å². The zero-order valence-electron chi connectivity index (χ0n) is 10.5. The van der Waals surface area contributed by atoms with Crippen LogP contribution in [0.3, 0.4) is 0 Å². The van der Waals surface area contributed by atoms with Crippen LogP contribution in [0.2, 0.25) is 0 Å². The Morgan fingerprint density at radius 3 is 2.11 bits per heavy atom. The largest absolute Gasteiger partial charge is 0.507 e. The van der Waals surface area contributed by atoms with E-state index >= 15 is 0 Å². The lowest BCUT2D eigenvalue weighted by atomic mass is 9.81. The SMILES string of the molecule is NCCC1=C(CCN)C(=O)c2c(O)cccc2C1=O. The van der Waals surface area contributed by atoms with E-state index in [1.54, 1.807) is 12.1 Å². The predicted molar refractivity (Wildman–Crippen MR) is 71.1 cm³/mol. The molecule has 5 heteroatoms. The van der Waals surface area contributed by atoms with Crippen LogP contribution >= 0.6 is 0 Å². The number of carbonyl (C=O) groups excluding carboxylic acids is 2. The Morgan fingerprint density at radius 1 is 0.947 bits per heavy atom. The summed E-state index contributed by atoms with van der Waals surface area (Å²) in [5, 5.41) is 9.80. The molecule has 0 bridgehead atoms. The standard InChI is InChI=1S/C14H16N2O3/c15-6-4-8-9(5-7-16)14(19)12-10(13(8)18)2-1-3-11(12)17/h1-3,17H,4-7,15-16H2. The fourth-order valence-corrected chi connectivity index (χ4v) is 2.37. The number of rotatable bonds is 4. The van der Waals surface area contributed by atoms with Crippen molar-refractivity contribution in [2.45, 2.75) is 12.8 Å². The molecule has 100 valence electrons. The van der Waals surface area contributed by atoms with Gasteiger partial charge in [-0.25, -0.2) is 0 Å². The number of hydrogen-bond acceptors (Lipinski definition) is 5. The molecule has 1 aliphatic carbocycles. The molecule has 0 amide bonds. The summed E-state index contributed by atoms with van der Waals surface area (Å²) in [6, 6.07) is 4.50. The van der Waals surface area contributed by atoms with E-state index in [1.165, 1.54) is 6.07 Å². The third-order valence-electron chi connectivity index (χ3n) is 3.22. The van der Waals surface area contributed by atoms with Crippen molar-refractivity contribution in [3.63, 3.8) is 0 Å². The molecule has 0 radical (unpaired) electrons. The van der Waals surface area contributed by atoms with E-state index < -0.39 is 0 Å². The number of benzene rings is 1. The van der Waals surface area contributed by atoms with Crippen LogP contribution in [0.5, 0.6) is 5.75 Å². The van der Waals surface area contributed by atoms with Crippen LogP contribution in [0.25, 0.3) is 0 Å². The van der Waals surface area contributed by atoms with Crippen molar-refractivity contribution in [2.75, 3.05) is 13.1 Å². The Hall–Kier alpha value is -1.98. The summed E-state index contributed by atoms with van der Waals surface area (Å²) in [6.45, 7) is 0.557. The molecule has 0 aromatic heterocycles. The Bertz CT molecular complexity index is 576. The van der Waals surface area contributed by atoms with Crippen LogP contribution in [-0.4, -0.2) is 29.8 Å². The predicted octanol–water partition coefficient (Wildman–Crippen LogP) is 0.765. The Morgan fingerprint density at radius 2 is 1.53 bits per heavy atom. The van der Waals surface area contributed by atoms with Gasteiger partial charge in [0.15, 0.2) is 11.6 Å². The molecule has 1 aromatic rings. The molecular formula is C14H16N2O3. The van der Waals surface area contributed by atoms with Gasteiger partial charge in [-0.2, -0.15) is 0 Å². The minimum absolute atomic E-state index is 0.0803. The molecule has 0 unspecified atom stereocenters. The van der Waals surface area contributed by atoms with Gasteiger partial charge in [0.25, 0.3) is 0 Å². The second-order valence-corrected chi connectivity index (χ2v) is 4.39. The first-order chi connectivity index (χ1) is 9.11. The molecule has 19 heavy (non-hydrogen) atoms. The van der Waals surface area contributed by atoms with Gasteiger partial charge in [0.1, 0.15) is 5.75 Å². The fourth-order valence-electron chi connectivity index (χ4n) is 2.37. The number of Topliss-reactive ketones (excluding diaryl/α,β-unsaturated/α-hetero) is 2. The third-order valence-corrected chi connectivity index (χ3v) is 3.22. The number of carbonyl (C=O) groups is 2. The topological polar surface area (TPSA) is 106 Å². The molecule has 5 N–H and O–H groups in total. The lowest BCUT2D eigenvalue weighted by Gasteiger charge is -2.21. The van der Waals surface area contributed by atoms with Crippen molar-refractivity contribution in [1.29, 1.82) is 0 Å². The second-order valence-electron chi connectivity index (χ2n) is 4.39. The first-order valence-electron chi connectivity index (χ1n) is 6.15. The van der Waals surface area contributed by atoms with Gasteiger partial charge in [0.05, 0.1) is 5.56 Å². The van der Waals surface area contributed by atoms with Crippen LogP contribution in [0.4, 0.5) is 0 Å². The van der Waals surface area contributed by atoms with Gasteiger partial charge in [0.2, 0.25) is 0 Å². The minimum Gasteiger partial charge on any atom is -0.507 e. The van der Waals surface area contributed by atoms with Crippen molar-refractivity contribution in [1.82, 2.24) is 0 Å². The number of phenolic OH excluding ortho intramolecular Hbond substituents is 1. The summed E-state index contributed by atoms with van der Waals surface area (Å²) < 4.78 is 0. The molecule has 1 aliphatic rings. The van der Waals surface area contributed by atoms with Gasteiger partial charge < -0.3 is 16.6 Å². The van der Waals surface area contributed by atoms with E-state index in [-0.39, 0.29) is 41.5 Å². The Kier molecular flexibility index (Phi) is 3.78. The average molecular weight is 260 g/mol. The number of ketones is 2. The molecule has 1 aromatic carbocycles. The highest BCUT2D eigenvalue weighted by molar-refractivity contribution is 6.27. The maximum atomic E-state index is 12.4. The van der Waals surface area contributed by atoms with Crippen LogP contribution in [0.15, 0.2) is 29.3 Å². The summed E-state index contributed by atoms with van der Waals surface area (Å²) in [7, 11) is 0. The zero-order valence-corrected chi connectivity index (χ0v) is 10.5. The van der Waals surface area contributed by atoms with Gasteiger partial charge in [-0.1, -0.05) is 12.1 Å². The van der Waals surface area contributed by atoms with Crippen molar-refractivity contribution >= 4 is 11.6 Å². The van der Waals surface area contributed by atoms with Gasteiger partial charge >= 0.3 is 0 Å². The maximum absolute atomic E-state index is 12.4. The monoisotopic (exact) mass is 260 g/mol. The highest BCUT2D eigenvalue weighted by Crippen LogP contribution is 2.33. The molecule has 0 spiro atoms. The fraction of sp³-hybridized carbons (Fsp3) is 0.286. The van der Waals surface area contributed by atoms with E-state index in [0.29, 0.717) is 24.0 Å². The number of aromatic hydroxyl groups is 1.